The molecular weight excluding hydrogens is 384 g/mol. The summed E-state index contributed by atoms with van der Waals surface area (Å²) in [5, 5.41) is 16.0. The molecule has 0 spiro atoms. The molecule has 1 aromatic heterocycles. The molecule has 1 aromatic carbocycles. The van der Waals surface area contributed by atoms with Crippen molar-refractivity contribution in [2.75, 3.05) is 25.0 Å². The van der Waals surface area contributed by atoms with Gasteiger partial charge in [-0.15, -0.1) is 11.3 Å². The van der Waals surface area contributed by atoms with Crippen molar-refractivity contribution in [3.8, 4) is 0 Å². The summed E-state index contributed by atoms with van der Waals surface area (Å²) in [7, 11) is 0. The second-order valence-electron chi connectivity index (χ2n) is 6.47. The van der Waals surface area contributed by atoms with Gasteiger partial charge in [0, 0.05) is 36.2 Å². The van der Waals surface area contributed by atoms with Crippen LogP contribution in [0.3, 0.4) is 0 Å². The maximum atomic E-state index is 13.0. The number of nitrogens with one attached hydrogen (secondary N) is 1. The van der Waals surface area contributed by atoms with Gasteiger partial charge in [-0.2, -0.15) is 0 Å². The Labute approximate surface area is 165 Å². The number of rotatable bonds is 7. The SMILES string of the molecule is Cc1csc(NC(=O)CN(C[C@@H]2CCCO2)C(=O)c2cccc([N+](=O)[O-])c2)n1. The van der Waals surface area contributed by atoms with Crippen LogP contribution in [0, 0.1) is 17.0 Å². The van der Waals surface area contributed by atoms with Crippen molar-refractivity contribution in [2.24, 2.45) is 0 Å². The number of amides is 2. The number of carbonyl (C=O) groups is 2. The normalized spacial score (nSPS) is 16.0. The topological polar surface area (TPSA) is 115 Å². The Balaban J connectivity index is 1.75. The Morgan fingerprint density at radius 3 is 2.93 bits per heavy atom. The van der Waals surface area contributed by atoms with Crippen LogP contribution in [0.25, 0.3) is 0 Å². The van der Waals surface area contributed by atoms with E-state index >= 15 is 0 Å². The minimum Gasteiger partial charge on any atom is -0.376 e. The number of nitrogens with zero attached hydrogens (tertiary/aromatic N) is 3. The lowest BCUT2D eigenvalue weighted by Gasteiger charge is -2.25. The summed E-state index contributed by atoms with van der Waals surface area (Å²) in [5.41, 5.74) is 0.778. The number of hydrogen-bond donors (Lipinski definition) is 1. The zero-order chi connectivity index (χ0) is 20.1. The van der Waals surface area contributed by atoms with E-state index < -0.39 is 10.8 Å². The third-order valence-corrected chi connectivity index (χ3v) is 5.11. The zero-order valence-electron chi connectivity index (χ0n) is 15.3. The van der Waals surface area contributed by atoms with Crippen LogP contribution in [0.1, 0.15) is 28.9 Å². The molecule has 2 heterocycles. The van der Waals surface area contributed by atoms with Gasteiger partial charge < -0.3 is 15.0 Å². The number of thiazole rings is 1. The molecule has 0 unspecified atom stereocenters. The number of nitro benzene ring substituents is 1. The first-order chi connectivity index (χ1) is 13.4. The van der Waals surface area contributed by atoms with E-state index in [0.29, 0.717) is 11.7 Å². The molecule has 1 atom stereocenters. The largest absolute Gasteiger partial charge is 0.376 e. The lowest BCUT2D eigenvalue weighted by atomic mass is 10.1. The Morgan fingerprint density at radius 1 is 1.46 bits per heavy atom. The molecule has 1 aliphatic rings. The summed E-state index contributed by atoms with van der Waals surface area (Å²) in [5.74, 6) is -0.837. The van der Waals surface area contributed by atoms with Crippen molar-refractivity contribution in [1.29, 1.82) is 0 Å². The molecule has 9 nitrogen and oxygen atoms in total. The van der Waals surface area contributed by atoms with E-state index in [2.05, 4.69) is 10.3 Å². The van der Waals surface area contributed by atoms with E-state index in [1.165, 1.54) is 40.5 Å². The minimum absolute atomic E-state index is 0.155. The summed E-state index contributed by atoms with van der Waals surface area (Å²) in [6.07, 6.45) is 1.54. The predicted octanol–water partition coefficient (Wildman–Crippen LogP) is 2.62. The van der Waals surface area contributed by atoms with Gasteiger partial charge in [-0.1, -0.05) is 6.07 Å². The van der Waals surface area contributed by atoms with Crippen LogP contribution in [0.2, 0.25) is 0 Å². The van der Waals surface area contributed by atoms with Gasteiger partial charge in [0.25, 0.3) is 11.6 Å². The van der Waals surface area contributed by atoms with Crippen molar-refractivity contribution in [3.63, 3.8) is 0 Å². The fourth-order valence-corrected chi connectivity index (χ4v) is 3.64. The van der Waals surface area contributed by atoms with Gasteiger partial charge in [-0.25, -0.2) is 4.98 Å². The number of ether oxygens (including phenoxy) is 1. The van der Waals surface area contributed by atoms with Crippen LogP contribution < -0.4 is 5.32 Å². The molecule has 1 aliphatic heterocycles. The molecule has 0 bridgehead atoms. The highest BCUT2D eigenvalue weighted by Crippen LogP contribution is 2.19. The van der Waals surface area contributed by atoms with Gasteiger partial charge in [0.15, 0.2) is 5.13 Å². The smallest absolute Gasteiger partial charge is 0.270 e. The van der Waals surface area contributed by atoms with E-state index in [1.54, 1.807) is 0 Å². The van der Waals surface area contributed by atoms with Crippen molar-refractivity contribution < 1.29 is 19.2 Å². The van der Waals surface area contributed by atoms with E-state index in [9.17, 15) is 19.7 Å². The first-order valence-corrected chi connectivity index (χ1v) is 9.67. The predicted molar refractivity (Wildman–Crippen MR) is 103 cm³/mol. The molecule has 1 N–H and O–H groups in total. The summed E-state index contributed by atoms with van der Waals surface area (Å²) in [6, 6.07) is 5.49. The monoisotopic (exact) mass is 404 g/mol. The number of anilines is 1. The number of non-ortho nitro benzene ring substituents is 1. The van der Waals surface area contributed by atoms with Crippen molar-refractivity contribution >= 4 is 34.0 Å². The van der Waals surface area contributed by atoms with Gasteiger partial charge in [-0.3, -0.25) is 19.7 Å². The van der Waals surface area contributed by atoms with Crippen LogP contribution in [0.15, 0.2) is 29.6 Å². The quantitative estimate of drug-likeness (QED) is 0.560. The van der Waals surface area contributed by atoms with Crippen molar-refractivity contribution in [3.05, 3.63) is 51.0 Å². The minimum atomic E-state index is -0.557. The molecular formula is C18H20N4O5S. The van der Waals surface area contributed by atoms with Crippen LogP contribution in [0.4, 0.5) is 10.8 Å². The van der Waals surface area contributed by atoms with Crippen molar-refractivity contribution in [1.82, 2.24) is 9.88 Å². The van der Waals surface area contributed by atoms with Crippen LogP contribution in [-0.2, 0) is 9.53 Å². The summed E-state index contributed by atoms with van der Waals surface area (Å²) in [4.78, 5) is 41.4. The molecule has 0 radical (unpaired) electrons. The highest BCUT2D eigenvalue weighted by molar-refractivity contribution is 7.13. The van der Waals surface area contributed by atoms with Gasteiger partial charge >= 0.3 is 0 Å². The number of hydrogen-bond acceptors (Lipinski definition) is 7. The Morgan fingerprint density at radius 2 is 2.29 bits per heavy atom. The molecule has 2 aromatic rings. The number of aromatic nitrogens is 1. The second kappa shape index (κ2) is 8.89. The van der Waals surface area contributed by atoms with E-state index in [4.69, 9.17) is 4.74 Å². The first-order valence-electron chi connectivity index (χ1n) is 8.79. The molecule has 3 rings (SSSR count). The average molecular weight is 404 g/mol. The number of carbonyl (C=O) groups excluding carboxylic acids is 2. The molecule has 1 fully saturated rings. The lowest BCUT2D eigenvalue weighted by molar-refractivity contribution is -0.384. The standard InChI is InChI=1S/C18H20N4O5S/c1-12-11-28-18(19-12)20-16(23)10-21(9-15-6-3-7-27-15)17(24)13-4-2-5-14(8-13)22(25)26/h2,4-5,8,11,15H,3,6-7,9-10H2,1H3,(H,19,20,23)/t15-/m0/s1. The van der Waals surface area contributed by atoms with Gasteiger partial charge in [-0.05, 0) is 25.8 Å². The van der Waals surface area contributed by atoms with Gasteiger partial charge in [0.1, 0.15) is 6.54 Å². The van der Waals surface area contributed by atoms with Gasteiger partial charge in [0.05, 0.1) is 16.7 Å². The third kappa shape index (κ3) is 5.11. The van der Waals surface area contributed by atoms with Crippen LogP contribution in [0.5, 0.6) is 0 Å². The maximum absolute atomic E-state index is 13.0. The summed E-state index contributed by atoms with van der Waals surface area (Å²) < 4.78 is 5.59. The summed E-state index contributed by atoms with van der Waals surface area (Å²) in [6.45, 7) is 2.49. The summed E-state index contributed by atoms with van der Waals surface area (Å²) >= 11 is 1.30. The zero-order valence-corrected chi connectivity index (χ0v) is 16.1. The van der Waals surface area contributed by atoms with Gasteiger partial charge in [0.2, 0.25) is 5.91 Å². The maximum Gasteiger partial charge on any atom is 0.270 e. The molecule has 0 saturated carbocycles. The second-order valence-corrected chi connectivity index (χ2v) is 7.33. The Hall–Kier alpha value is -2.85. The molecule has 2 amide bonds. The molecule has 148 valence electrons. The van der Waals surface area contributed by atoms with E-state index in [1.807, 2.05) is 12.3 Å². The number of benzene rings is 1. The van der Waals surface area contributed by atoms with E-state index in [-0.39, 0.29) is 36.4 Å². The molecule has 10 heteroatoms. The molecule has 0 aliphatic carbocycles. The van der Waals surface area contributed by atoms with E-state index in [0.717, 1.165) is 18.5 Å². The average Bonchev–Trinajstić information content (AvgIpc) is 3.32. The first kappa shape index (κ1) is 19.9. The van der Waals surface area contributed by atoms with Crippen LogP contribution >= 0.6 is 11.3 Å². The van der Waals surface area contributed by atoms with Crippen LogP contribution in [-0.4, -0.2) is 52.4 Å². The highest BCUT2D eigenvalue weighted by Gasteiger charge is 2.26. The molecule has 1 saturated heterocycles. The number of nitro groups is 1. The lowest BCUT2D eigenvalue weighted by Crippen LogP contribution is -2.42. The van der Waals surface area contributed by atoms with Crippen molar-refractivity contribution in [2.45, 2.75) is 25.9 Å². The highest BCUT2D eigenvalue weighted by atomic mass is 32.1. The third-order valence-electron chi connectivity index (χ3n) is 4.24. The fraction of sp³-hybridized carbons (Fsp3) is 0.389. The number of aryl methyl sites for hydroxylation is 1. The Bertz CT molecular complexity index is 878. The Kier molecular flexibility index (Phi) is 6.32. The molecule has 28 heavy (non-hydrogen) atoms. The fourth-order valence-electron chi connectivity index (χ4n) is 2.93.